The second-order valence-corrected chi connectivity index (χ2v) is 5.90. The number of rotatable bonds is 7. The largest absolute Gasteiger partial charge is 0.469 e. The van der Waals surface area contributed by atoms with Gasteiger partial charge in [0.25, 0.3) is 0 Å². The number of carbonyl (C=O) groups is 2. The van der Waals surface area contributed by atoms with Crippen molar-refractivity contribution in [2.24, 2.45) is 5.73 Å². The molecule has 136 valence electrons. The predicted molar refractivity (Wildman–Crippen MR) is 95.8 cm³/mol. The Balaban J connectivity index is 1.73. The molecule has 2 rings (SSSR count). The summed E-state index contributed by atoms with van der Waals surface area (Å²) in [7, 11) is 1.33. The molecule has 0 radical (unpaired) electrons. The van der Waals surface area contributed by atoms with E-state index in [0.717, 1.165) is 31.9 Å². The van der Waals surface area contributed by atoms with Gasteiger partial charge in [-0.2, -0.15) is 0 Å². The number of amides is 1. The summed E-state index contributed by atoms with van der Waals surface area (Å²) in [6, 6.07) is 7.62. The number of methoxy groups -OCH3 is 1. The zero-order valence-corrected chi connectivity index (χ0v) is 14.5. The Bertz CT molecular complexity index is 609. The minimum atomic E-state index is -0.329. The van der Waals surface area contributed by atoms with Crippen molar-refractivity contribution in [3.63, 3.8) is 0 Å². The molecule has 4 N–H and O–H groups in total. The van der Waals surface area contributed by atoms with E-state index >= 15 is 0 Å². The van der Waals surface area contributed by atoms with E-state index in [4.69, 9.17) is 11.1 Å². The van der Waals surface area contributed by atoms with E-state index in [2.05, 4.69) is 19.9 Å². The van der Waals surface area contributed by atoms with E-state index in [0.29, 0.717) is 18.7 Å². The molecule has 1 aromatic rings. The number of nitrogens with zero attached hydrogens (tertiary/aromatic N) is 2. The lowest BCUT2D eigenvalue weighted by molar-refractivity contribution is -0.140. The average molecular weight is 347 g/mol. The fraction of sp³-hybridized carbons (Fsp3) is 0.471. The molecule has 1 aliphatic rings. The highest BCUT2D eigenvalue weighted by Gasteiger charge is 2.19. The van der Waals surface area contributed by atoms with Gasteiger partial charge in [-0.3, -0.25) is 19.9 Å². The van der Waals surface area contributed by atoms with Gasteiger partial charge in [0.15, 0.2) is 0 Å². The molecule has 0 atom stereocenters. The lowest BCUT2D eigenvalue weighted by atomic mass is 10.1. The second-order valence-electron chi connectivity index (χ2n) is 5.90. The number of nitrogens with one attached hydrogen (secondary N) is 2. The monoisotopic (exact) mass is 347 g/mol. The molecule has 1 aromatic carbocycles. The van der Waals surface area contributed by atoms with E-state index < -0.39 is 0 Å². The summed E-state index contributed by atoms with van der Waals surface area (Å²) in [5, 5.41) is 10.1. The van der Waals surface area contributed by atoms with Gasteiger partial charge in [0.05, 0.1) is 20.1 Å². The number of piperazine rings is 1. The highest BCUT2D eigenvalue weighted by molar-refractivity contribution is 5.95. The van der Waals surface area contributed by atoms with Crippen LogP contribution in [0.5, 0.6) is 0 Å². The van der Waals surface area contributed by atoms with Crippen LogP contribution in [0, 0.1) is 5.41 Å². The van der Waals surface area contributed by atoms with E-state index in [1.807, 2.05) is 24.3 Å². The summed E-state index contributed by atoms with van der Waals surface area (Å²) in [4.78, 5) is 27.2. The van der Waals surface area contributed by atoms with Crippen LogP contribution in [0.1, 0.15) is 12.0 Å². The molecule has 1 fully saturated rings. The number of benzene rings is 1. The predicted octanol–water partition coefficient (Wildman–Crippen LogP) is -0.228. The van der Waals surface area contributed by atoms with Gasteiger partial charge in [-0.1, -0.05) is 0 Å². The van der Waals surface area contributed by atoms with Crippen molar-refractivity contribution in [3.05, 3.63) is 29.8 Å². The summed E-state index contributed by atoms with van der Waals surface area (Å²) in [6.45, 7) is 3.87. The number of nitrogens with two attached hydrogens (primary N) is 1. The Morgan fingerprint density at radius 3 is 2.40 bits per heavy atom. The van der Waals surface area contributed by atoms with Crippen LogP contribution in [0.15, 0.2) is 24.3 Å². The molecule has 0 aromatic heterocycles. The van der Waals surface area contributed by atoms with E-state index in [1.165, 1.54) is 7.11 Å². The van der Waals surface area contributed by atoms with Gasteiger partial charge in [0.1, 0.15) is 5.84 Å². The minimum Gasteiger partial charge on any atom is -0.469 e. The normalized spacial score (nSPS) is 14.8. The highest BCUT2D eigenvalue weighted by atomic mass is 16.5. The SMILES string of the molecule is COC(=O)CCNC(=O)CN1CCN(c2ccc(C(=N)N)cc2)CC1. The van der Waals surface area contributed by atoms with Crippen LogP contribution >= 0.6 is 0 Å². The molecule has 0 saturated carbocycles. The third-order valence-corrected chi connectivity index (χ3v) is 4.16. The Labute approximate surface area is 147 Å². The Hall–Kier alpha value is -2.61. The molecule has 1 heterocycles. The lowest BCUT2D eigenvalue weighted by Crippen LogP contribution is -2.49. The van der Waals surface area contributed by atoms with Crippen LogP contribution in [0.4, 0.5) is 5.69 Å². The van der Waals surface area contributed by atoms with Crippen molar-refractivity contribution in [1.82, 2.24) is 10.2 Å². The third-order valence-electron chi connectivity index (χ3n) is 4.16. The smallest absolute Gasteiger partial charge is 0.307 e. The number of hydrogen-bond donors (Lipinski definition) is 3. The highest BCUT2D eigenvalue weighted by Crippen LogP contribution is 2.17. The molecule has 0 aliphatic carbocycles. The van der Waals surface area contributed by atoms with Crippen LogP contribution in [0.2, 0.25) is 0 Å². The number of nitrogen functional groups attached to an aromatic ring is 1. The van der Waals surface area contributed by atoms with E-state index in [9.17, 15) is 9.59 Å². The molecule has 25 heavy (non-hydrogen) atoms. The second kappa shape index (κ2) is 9.03. The molecular formula is C17H25N5O3. The standard InChI is InChI=1S/C17H25N5O3/c1-25-16(24)6-7-20-15(23)12-21-8-10-22(11-9-21)14-4-2-13(3-5-14)17(18)19/h2-5H,6-12H2,1H3,(H3,18,19)(H,20,23). The van der Waals surface area contributed by atoms with Crippen LogP contribution in [0.25, 0.3) is 0 Å². The first-order chi connectivity index (χ1) is 12.0. The summed E-state index contributed by atoms with van der Waals surface area (Å²) < 4.78 is 4.53. The van der Waals surface area contributed by atoms with Gasteiger partial charge in [-0.15, -0.1) is 0 Å². The van der Waals surface area contributed by atoms with Crippen molar-refractivity contribution >= 4 is 23.4 Å². The van der Waals surface area contributed by atoms with Gasteiger partial charge in [0.2, 0.25) is 5.91 Å². The van der Waals surface area contributed by atoms with Gasteiger partial charge in [0, 0.05) is 44.0 Å². The van der Waals surface area contributed by atoms with Gasteiger partial charge in [-0.05, 0) is 24.3 Å². The van der Waals surface area contributed by atoms with Crippen molar-refractivity contribution < 1.29 is 14.3 Å². The fourth-order valence-corrected chi connectivity index (χ4v) is 2.68. The van der Waals surface area contributed by atoms with Gasteiger partial charge >= 0.3 is 5.97 Å². The number of esters is 1. The maximum absolute atomic E-state index is 11.9. The first-order valence-electron chi connectivity index (χ1n) is 8.25. The van der Waals surface area contributed by atoms with Crippen molar-refractivity contribution in [2.45, 2.75) is 6.42 Å². The topological polar surface area (TPSA) is 112 Å². The minimum absolute atomic E-state index is 0.0644. The molecule has 0 unspecified atom stereocenters. The number of ether oxygens (including phenoxy) is 1. The van der Waals surface area contributed by atoms with Crippen molar-refractivity contribution in [3.8, 4) is 0 Å². The lowest BCUT2D eigenvalue weighted by Gasteiger charge is -2.35. The fourth-order valence-electron chi connectivity index (χ4n) is 2.68. The Morgan fingerprint density at radius 2 is 1.84 bits per heavy atom. The molecular weight excluding hydrogens is 322 g/mol. The zero-order chi connectivity index (χ0) is 18.2. The third kappa shape index (κ3) is 5.75. The van der Waals surface area contributed by atoms with Crippen molar-refractivity contribution in [2.75, 3.05) is 51.3 Å². The van der Waals surface area contributed by atoms with Gasteiger partial charge < -0.3 is 20.7 Å². The molecule has 0 bridgehead atoms. The number of hydrogen-bond acceptors (Lipinski definition) is 6. The summed E-state index contributed by atoms with van der Waals surface area (Å²) in [6.07, 6.45) is 0.187. The summed E-state index contributed by atoms with van der Waals surface area (Å²) in [5.74, 6) is -0.345. The quantitative estimate of drug-likeness (QED) is 0.357. The van der Waals surface area contributed by atoms with Crippen LogP contribution < -0.4 is 16.0 Å². The van der Waals surface area contributed by atoms with Crippen LogP contribution in [-0.2, 0) is 14.3 Å². The molecule has 8 heteroatoms. The Morgan fingerprint density at radius 1 is 1.20 bits per heavy atom. The van der Waals surface area contributed by atoms with Crippen LogP contribution in [-0.4, -0.2) is 69.0 Å². The summed E-state index contributed by atoms with van der Waals surface area (Å²) >= 11 is 0. The number of anilines is 1. The number of carbonyl (C=O) groups excluding carboxylic acids is 2. The van der Waals surface area contributed by atoms with E-state index in [1.54, 1.807) is 0 Å². The average Bonchev–Trinajstić information content (AvgIpc) is 2.62. The molecule has 8 nitrogen and oxygen atoms in total. The maximum Gasteiger partial charge on any atom is 0.307 e. The molecule has 1 saturated heterocycles. The molecule has 0 spiro atoms. The first kappa shape index (κ1) is 18.7. The molecule has 1 aliphatic heterocycles. The van der Waals surface area contributed by atoms with Crippen molar-refractivity contribution in [1.29, 1.82) is 5.41 Å². The van der Waals surface area contributed by atoms with Crippen LogP contribution in [0.3, 0.4) is 0 Å². The Kier molecular flexibility index (Phi) is 6.76. The number of amidine groups is 1. The maximum atomic E-state index is 11.9. The first-order valence-corrected chi connectivity index (χ1v) is 8.25. The summed E-state index contributed by atoms with van der Waals surface area (Å²) in [5.41, 5.74) is 7.27. The van der Waals surface area contributed by atoms with Gasteiger partial charge in [-0.25, -0.2) is 0 Å². The van der Waals surface area contributed by atoms with E-state index in [-0.39, 0.29) is 24.1 Å². The molecule has 1 amide bonds. The zero-order valence-electron chi connectivity index (χ0n) is 14.5.